The first kappa shape index (κ1) is 12.9. The highest BCUT2D eigenvalue weighted by molar-refractivity contribution is 9.10. The Labute approximate surface area is 111 Å². The van der Waals surface area contributed by atoms with Crippen molar-refractivity contribution in [1.82, 2.24) is 0 Å². The number of ether oxygens (including phenoxy) is 1. The highest BCUT2D eigenvalue weighted by atomic mass is 79.9. The summed E-state index contributed by atoms with van der Waals surface area (Å²) in [4.78, 5) is 2.42. The smallest absolute Gasteiger partial charge is 0.0508 e. The topological polar surface area (TPSA) is 38.5 Å². The first-order valence-corrected chi connectivity index (χ1v) is 6.76. The fourth-order valence-electron chi connectivity index (χ4n) is 2.45. The number of rotatable bonds is 4. The van der Waals surface area contributed by atoms with Gasteiger partial charge in [-0.15, -0.1) is 0 Å². The minimum atomic E-state index is 0.584. The molecule has 1 aromatic carbocycles. The lowest BCUT2D eigenvalue weighted by atomic mass is 10.1. The average Bonchev–Trinajstić information content (AvgIpc) is 2.78. The molecule has 0 aliphatic carbocycles. The fraction of sp³-hybridized carbons (Fsp3) is 0.538. The monoisotopic (exact) mass is 298 g/mol. The van der Waals surface area contributed by atoms with E-state index in [0.29, 0.717) is 12.5 Å². The zero-order valence-electron chi connectivity index (χ0n) is 10.2. The molecular formula is C13H19BrN2O. The van der Waals surface area contributed by atoms with E-state index in [1.807, 2.05) is 0 Å². The molecule has 94 valence electrons. The van der Waals surface area contributed by atoms with E-state index in [4.69, 9.17) is 10.5 Å². The average molecular weight is 299 g/mol. The van der Waals surface area contributed by atoms with E-state index in [1.165, 1.54) is 17.7 Å². The van der Waals surface area contributed by atoms with Crippen LogP contribution in [0.5, 0.6) is 0 Å². The number of hydrogen-bond donors (Lipinski definition) is 1. The van der Waals surface area contributed by atoms with E-state index < -0.39 is 0 Å². The lowest BCUT2D eigenvalue weighted by Gasteiger charge is -2.22. The summed E-state index contributed by atoms with van der Waals surface area (Å²) in [5, 5.41) is 0. The first-order chi connectivity index (χ1) is 8.24. The van der Waals surface area contributed by atoms with Crippen LogP contribution < -0.4 is 10.6 Å². The Morgan fingerprint density at radius 3 is 3.06 bits per heavy atom. The summed E-state index contributed by atoms with van der Waals surface area (Å²) in [6, 6.07) is 6.35. The van der Waals surface area contributed by atoms with Gasteiger partial charge in [-0.2, -0.15) is 0 Å². The van der Waals surface area contributed by atoms with Crippen LogP contribution in [0.15, 0.2) is 22.7 Å². The third-order valence-electron chi connectivity index (χ3n) is 3.29. The summed E-state index contributed by atoms with van der Waals surface area (Å²) in [5.74, 6) is 0.647. The number of benzene rings is 1. The van der Waals surface area contributed by atoms with Crippen LogP contribution in [0.3, 0.4) is 0 Å². The number of nitrogens with two attached hydrogens (primary N) is 1. The molecule has 0 amide bonds. The number of halogens is 1. The summed E-state index contributed by atoms with van der Waals surface area (Å²) < 4.78 is 6.32. The normalized spacial score (nSPS) is 19.9. The number of hydrogen-bond acceptors (Lipinski definition) is 3. The number of nitrogens with zero attached hydrogens (tertiary/aromatic N) is 1. The Kier molecular flexibility index (Phi) is 4.42. The van der Waals surface area contributed by atoms with Gasteiger partial charge in [0, 0.05) is 42.8 Å². The maximum absolute atomic E-state index is 5.81. The third kappa shape index (κ3) is 3.00. The van der Waals surface area contributed by atoms with Crippen molar-refractivity contribution in [3.05, 3.63) is 28.2 Å². The van der Waals surface area contributed by atoms with Crippen molar-refractivity contribution in [2.75, 3.05) is 31.7 Å². The summed E-state index contributed by atoms with van der Waals surface area (Å²) in [6.45, 7) is 3.61. The van der Waals surface area contributed by atoms with Crippen LogP contribution in [-0.2, 0) is 11.3 Å². The van der Waals surface area contributed by atoms with Crippen LogP contribution >= 0.6 is 15.9 Å². The maximum atomic E-state index is 5.81. The van der Waals surface area contributed by atoms with Gasteiger partial charge >= 0.3 is 0 Å². The minimum absolute atomic E-state index is 0.584. The van der Waals surface area contributed by atoms with Gasteiger partial charge in [-0.1, -0.05) is 15.9 Å². The van der Waals surface area contributed by atoms with E-state index in [1.54, 1.807) is 7.11 Å². The van der Waals surface area contributed by atoms with Crippen molar-refractivity contribution >= 4 is 21.6 Å². The van der Waals surface area contributed by atoms with Gasteiger partial charge in [0.15, 0.2) is 0 Å². The third-order valence-corrected chi connectivity index (χ3v) is 3.78. The molecule has 1 aromatic rings. The van der Waals surface area contributed by atoms with Crippen molar-refractivity contribution in [2.24, 2.45) is 11.7 Å². The van der Waals surface area contributed by atoms with Crippen molar-refractivity contribution in [3.8, 4) is 0 Å². The molecule has 0 saturated carbocycles. The van der Waals surface area contributed by atoms with Gasteiger partial charge in [-0.05, 0) is 30.2 Å². The van der Waals surface area contributed by atoms with Crippen molar-refractivity contribution in [1.29, 1.82) is 0 Å². The number of anilines is 1. The molecule has 1 atom stereocenters. The quantitative estimate of drug-likeness (QED) is 0.927. The van der Waals surface area contributed by atoms with Gasteiger partial charge in [0.1, 0.15) is 0 Å². The Hall–Kier alpha value is -0.580. The second-order valence-corrected chi connectivity index (χ2v) is 5.45. The van der Waals surface area contributed by atoms with Crippen LogP contribution in [0.2, 0.25) is 0 Å². The second kappa shape index (κ2) is 5.85. The summed E-state index contributed by atoms with van der Waals surface area (Å²) in [5.41, 5.74) is 8.29. The van der Waals surface area contributed by atoms with Gasteiger partial charge in [0.25, 0.3) is 0 Å². The molecule has 1 aliphatic rings. The summed E-state index contributed by atoms with van der Waals surface area (Å²) in [7, 11) is 1.77. The molecule has 4 heteroatoms. The minimum Gasteiger partial charge on any atom is -0.384 e. The molecule has 1 fully saturated rings. The highest BCUT2D eigenvalue weighted by Crippen LogP contribution is 2.29. The van der Waals surface area contributed by atoms with E-state index >= 15 is 0 Å². The fourth-order valence-corrected chi connectivity index (χ4v) is 2.86. The molecule has 0 aromatic heterocycles. The van der Waals surface area contributed by atoms with Crippen molar-refractivity contribution in [2.45, 2.75) is 13.0 Å². The van der Waals surface area contributed by atoms with Crippen LogP contribution in [-0.4, -0.2) is 26.8 Å². The Bertz CT molecular complexity index is 384. The summed E-state index contributed by atoms with van der Waals surface area (Å²) in [6.07, 6.45) is 1.20. The van der Waals surface area contributed by atoms with Crippen molar-refractivity contribution < 1.29 is 4.74 Å². The molecule has 1 aliphatic heterocycles. The molecule has 0 spiro atoms. The van der Waals surface area contributed by atoms with E-state index in [2.05, 4.69) is 39.0 Å². The van der Waals surface area contributed by atoms with Gasteiger partial charge in [0.2, 0.25) is 0 Å². The van der Waals surface area contributed by atoms with Crippen LogP contribution in [0.25, 0.3) is 0 Å². The lowest BCUT2D eigenvalue weighted by Crippen LogP contribution is -2.22. The predicted molar refractivity (Wildman–Crippen MR) is 74.2 cm³/mol. The molecule has 1 heterocycles. The molecule has 1 unspecified atom stereocenters. The summed E-state index contributed by atoms with van der Waals surface area (Å²) >= 11 is 3.49. The molecule has 2 rings (SSSR count). The molecular weight excluding hydrogens is 280 g/mol. The van der Waals surface area contributed by atoms with Crippen LogP contribution in [0.4, 0.5) is 5.69 Å². The Morgan fingerprint density at radius 2 is 2.35 bits per heavy atom. The SMILES string of the molecule is COCC1CCN(c2ccc(Br)cc2CN)C1. The number of methoxy groups -OCH3 is 1. The lowest BCUT2D eigenvalue weighted by molar-refractivity contribution is 0.161. The first-order valence-electron chi connectivity index (χ1n) is 5.97. The van der Waals surface area contributed by atoms with E-state index in [-0.39, 0.29) is 0 Å². The van der Waals surface area contributed by atoms with Gasteiger partial charge in [0.05, 0.1) is 6.61 Å². The zero-order valence-corrected chi connectivity index (χ0v) is 11.7. The molecule has 17 heavy (non-hydrogen) atoms. The Balaban J connectivity index is 2.12. The molecule has 3 nitrogen and oxygen atoms in total. The second-order valence-electron chi connectivity index (χ2n) is 4.53. The maximum Gasteiger partial charge on any atom is 0.0508 e. The van der Waals surface area contributed by atoms with Crippen LogP contribution in [0, 0.1) is 5.92 Å². The zero-order chi connectivity index (χ0) is 12.3. The largest absolute Gasteiger partial charge is 0.384 e. The van der Waals surface area contributed by atoms with Gasteiger partial charge in [-0.25, -0.2) is 0 Å². The standard InChI is InChI=1S/C13H19BrN2O/c1-17-9-10-4-5-16(8-10)13-3-2-12(14)6-11(13)7-15/h2-3,6,10H,4-5,7-9,15H2,1H3. The van der Waals surface area contributed by atoms with Gasteiger partial charge < -0.3 is 15.4 Å². The predicted octanol–water partition coefficient (Wildman–Crippen LogP) is 2.38. The van der Waals surface area contributed by atoms with Gasteiger partial charge in [-0.3, -0.25) is 0 Å². The molecule has 0 bridgehead atoms. The molecule has 2 N–H and O–H groups in total. The highest BCUT2D eigenvalue weighted by Gasteiger charge is 2.23. The van der Waals surface area contributed by atoms with Crippen LogP contribution in [0.1, 0.15) is 12.0 Å². The van der Waals surface area contributed by atoms with Crippen molar-refractivity contribution in [3.63, 3.8) is 0 Å². The van der Waals surface area contributed by atoms with E-state index in [0.717, 1.165) is 24.2 Å². The Morgan fingerprint density at radius 1 is 1.53 bits per heavy atom. The molecule has 0 radical (unpaired) electrons. The van der Waals surface area contributed by atoms with E-state index in [9.17, 15) is 0 Å². The molecule has 1 saturated heterocycles.